The molecule has 0 saturated carbocycles. The second-order valence-electron chi connectivity index (χ2n) is 5.43. The number of halogens is 1. The molecule has 0 aromatic carbocycles. The van der Waals surface area contributed by atoms with Crippen LogP contribution in [0.25, 0.3) is 0 Å². The second-order valence-corrected chi connectivity index (χ2v) is 5.43. The summed E-state index contributed by atoms with van der Waals surface area (Å²) in [5.74, 6) is 0. The van der Waals surface area contributed by atoms with Gasteiger partial charge in [-0.1, -0.05) is 0 Å². The second kappa shape index (κ2) is 6.22. The first-order chi connectivity index (χ1) is 8.78. The van der Waals surface area contributed by atoms with Crippen LogP contribution in [0.2, 0.25) is 0 Å². The fourth-order valence-electron chi connectivity index (χ4n) is 3.11. The smallest absolute Gasteiger partial charge is 0.0764 e. The Morgan fingerprint density at radius 3 is 2.89 bits per heavy atom. The molecule has 0 atom stereocenters. The first kappa shape index (κ1) is 14.8. The topological polar surface area (TPSA) is 42.3 Å². The highest BCUT2D eigenvalue weighted by atomic mass is 35.5. The molecule has 2 aliphatic rings. The monoisotopic (exact) mass is 286 g/mol. The van der Waals surface area contributed by atoms with Gasteiger partial charge in [-0.3, -0.25) is 9.58 Å². The van der Waals surface area contributed by atoms with Crippen molar-refractivity contribution in [3.05, 3.63) is 18.0 Å². The molecule has 0 bridgehead atoms. The summed E-state index contributed by atoms with van der Waals surface area (Å²) in [5, 5.41) is 7.94. The maximum absolute atomic E-state index is 5.74. The minimum absolute atomic E-state index is 0. The number of hydrogen-bond donors (Lipinski definition) is 1. The minimum atomic E-state index is 0. The third kappa shape index (κ3) is 3.11. The van der Waals surface area contributed by atoms with Gasteiger partial charge in [0.15, 0.2) is 0 Å². The molecule has 1 spiro atoms. The predicted octanol–water partition coefficient (Wildman–Crippen LogP) is 0.796. The first-order valence-corrected chi connectivity index (χ1v) is 6.81. The number of nitrogens with zero attached hydrogens (tertiary/aromatic N) is 3. The number of nitrogens with one attached hydrogen (secondary N) is 1. The van der Waals surface area contributed by atoms with Gasteiger partial charge < -0.3 is 10.1 Å². The molecular formula is C13H23ClN4O. The summed E-state index contributed by atoms with van der Waals surface area (Å²) in [5.41, 5.74) is 1.40. The van der Waals surface area contributed by atoms with Crippen LogP contribution in [0.4, 0.5) is 0 Å². The summed E-state index contributed by atoms with van der Waals surface area (Å²) < 4.78 is 7.62. The van der Waals surface area contributed by atoms with Crippen LogP contribution in [0.1, 0.15) is 18.5 Å². The normalized spacial score (nSPS) is 23.2. The van der Waals surface area contributed by atoms with Gasteiger partial charge in [-0.25, -0.2) is 0 Å². The fourth-order valence-corrected chi connectivity index (χ4v) is 3.11. The fraction of sp³-hybridized carbons (Fsp3) is 0.769. The highest BCUT2D eigenvalue weighted by Gasteiger charge is 2.40. The van der Waals surface area contributed by atoms with Gasteiger partial charge in [-0.2, -0.15) is 5.10 Å². The van der Waals surface area contributed by atoms with Crippen molar-refractivity contribution >= 4 is 12.4 Å². The third-order valence-electron chi connectivity index (χ3n) is 4.20. The Balaban J connectivity index is 0.00000133. The lowest BCUT2D eigenvalue weighted by Crippen LogP contribution is -2.60. The zero-order chi connectivity index (χ0) is 12.4. The Labute approximate surface area is 120 Å². The standard InChI is InChI=1S/C13H22N4O.ClH/c1-16-7-2-12(15-16)10-17-8-9-18-11-13(17)3-5-14-6-4-13;/h2,7,14H,3-6,8-11H2,1H3;1H. The summed E-state index contributed by atoms with van der Waals surface area (Å²) in [7, 11) is 1.98. The lowest BCUT2D eigenvalue weighted by Gasteiger charge is -2.49. The molecule has 6 heteroatoms. The highest BCUT2D eigenvalue weighted by Crippen LogP contribution is 2.30. The van der Waals surface area contributed by atoms with Gasteiger partial charge in [0.2, 0.25) is 0 Å². The van der Waals surface area contributed by atoms with Crippen molar-refractivity contribution in [1.29, 1.82) is 0 Å². The quantitative estimate of drug-likeness (QED) is 0.873. The average molecular weight is 287 g/mol. The molecule has 0 radical (unpaired) electrons. The summed E-state index contributed by atoms with van der Waals surface area (Å²) in [6.45, 7) is 5.90. The van der Waals surface area contributed by atoms with Crippen molar-refractivity contribution in [3.63, 3.8) is 0 Å². The lowest BCUT2D eigenvalue weighted by atomic mass is 9.86. The SMILES string of the molecule is Cl.Cn1ccc(CN2CCOCC23CCNCC3)n1. The minimum Gasteiger partial charge on any atom is -0.378 e. The molecule has 3 heterocycles. The van der Waals surface area contributed by atoms with Gasteiger partial charge in [0.1, 0.15) is 0 Å². The molecule has 0 aliphatic carbocycles. The Kier molecular flexibility index (Phi) is 4.84. The third-order valence-corrected chi connectivity index (χ3v) is 4.20. The van der Waals surface area contributed by atoms with Crippen LogP contribution in [-0.4, -0.2) is 53.1 Å². The summed E-state index contributed by atoms with van der Waals surface area (Å²) >= 11 is 0. The molecule has 0 unspecified atom stereocenters. The molecule has 2 aliphatic heterocycles. The predicted molar refractivity (Wildman–Crippen MR) is 76.5 cm³/mol. The molecule has 0 amide bonds. The summed E-state index contributed by atoms with van der Waals surface area (Å²) in [4.78, 5) is 2.58. The number of aryl methyl sites for hydroxylation is 1. The van der Waals surface area contributed by atoms with Crippen molar-refractivity contribution < 1.29 is 4.74 Å². The van der Waals surface area contributed by atoms with Gasteiger partial charge in [-0.15, -0.1) is 12.4 Å². The van der Waals surface area contributed by atoms with Crippen molar-refractivity contribution in [2.24, 2.45) is 7.05 Å². The van der Waals surface area contributed by atoms with Crippen molar-refractivity contribution in [3.8, 4) is 0 Å². The number of hydrogen-bond acceptors (Lipinski definition) is 4. The molecule has 108 valence electrons. The average Bonchev–Trinajstić information content (AvgIpc) is 2.79. The van der Waals surface area contributed by atoms with E-state index in [9.17, 15) is 0 Å². The molecule has 5 nitrogen and oxygen atoms in total. The van der Waals surface area contributed by atoms with Crippen LogP contribution >= 0.6 is 12.4 Å². The maximum Gasteiger partial charge on any atom is 0.0764 e. The summed E-state index contributed by atoms with van der Waals surface area (Å²) in [6.07, 6.45) is 4.38. The van der Waals surface area contributed by atoms with Crippen LogP contribution in [0, 0.1) is 0 Å². The van der Waals surface area contributed by atoms with Crippen molar-refractivity contribution in [2.75, 3.05) is 32.8 Å². The highest BCUT2D eigenvalue weighted by molar-refractivity contribution is 5.85. The van der Waals surface area contributed by atoms with Gasteiger partial charge in [0.25, 0.3) is 0 Å². The number of piperidine rings is 1. The van der Waals surface area contributed by atoms with E-state index in [0.717, 1.165) is 45.1 Å². The summed E-state index contributed by atoms with van der Waals surface area (Å²) in [6, 6.07) is 2.12. The molecule has 1 N–H and O–H groups in total. The number of morpholine rings is 1. The number of rotatable bonds is 2. The van der Waals surface area contributed by atoms with E-state index in [1.165, 1.54) is 12.8 Å². The van der Waals surface area contributed by atoms with E-state index >= 15 is 0 Å². The first-order valence-electron chi connectivity index (χ1n) is 6.81. The van der Waals surface area contributed by atoms with E-state index in [4.69, 9.17) is 4.74 Å². The van der Waals surface area contributed by atoms with Crippen LogP contribution in [0.5, 0.6) is 0 Å². The van der Waals surface area contributed by atoms with Gasteiger partial charge in [0, 0.05) is 31.9 Å². The van der Waals surface area contributed by atoms with E-state index in [1.807, 2.05) is 17.9 Å². The largest absolute Gasteiger partial charge is 0.378 e. The number of ether oxygens (including phenoxy) is 1. The Morgan fingerprint density at radius 1 is 1.42 bits per heavy atom. The zero-order valence-corrected chi connectivity index (χ0v) is 12.3. The van der Waals surface area contributed by atoms with E-state index in [-0.39, 0.29) is 17.9 Å². The van der Waals surface area contributed by atoms with E-state index in [1.54, 1.807) is 0 Å². The van der Waals surface area contributed by atoms with E-state index < -0.39 is 0 Å². The molecular weight excluding hydrogens is 264 g/mol. The van der Waals surface area contributed by atoms with Gasteiger partial charge in [0.05, 0.1) is 18.9 Å². The van der Waals surface area contributed by atoms with Crippen LogP contribution < -0.4 is 5.32 Å². The molecule has 2 saturated heterocycles. The Bertz CT molecular complexity index is 395. The maximum atomic E-state index is 5.74. The van der Waals surface area contributed by atoms with E-state index in [2.05, 4.69) is 21.4 Å². The van der Waals surface area contributed by atoms with Crippen LogP contribution in [-0.2, 0) is 18.3 Å². The van der Waals surface area contributed by atoms with Crippen LogP contribution in [0.3, 0.4) is 0 Å². The van der Waals surface area contributed by atoms with Crippen molar-refractivity contribution in [2.45, 2.75) is 24.9 Å². The molecule has 19 heavy (non-hydrogen) atoms. The van der Waals surface area contributed by atoms with Crippen molar-refractivity contribution in [1.82, 2.24) is 20.0 Å². The Morgan fingerprint density at radius 2 is 2.21 bits per heavy atom. The molecule has 2 fully saturated rings. The number of aromatic nitrogens is 2. The zero-order valence-electron chi connectivity index (χ0n) is 11.5. The van der Waals surface area contributed by atoms with Gasteiger partial charge in [-0.05, 0) is 32.0 Å². The molecule has 1 aromatic heterocycles. The lowest BCUT2D eigenvalue weighted by molar-refractivity contribution is -0.0871. The Hall–Kier alpha value is -0.620. The van der Waals surface area contributed by atoms with Gasteiger partial charge >= 0.3 is 0 Å². The molecule has 1 aromatic rings. The molecule has 3 rings (SSSR count). The van der Waals surface area contributed by atoms with Crippen LogP contribution in [0.15, 0.2) is 12.3 Å². The van der Waals surface area contributed by atoms with E-state index in [0.29, 0.717) is 0 Å².